The van der Waals surface area contributed by atoms with Crippen LogP contribution in [-0.4, -0.2) is 43.5 Å². The first-order chi connectivity index (χ1) is 13.3. The normalized spacial score (nSPS) is 36.6. The zero-order chi connectivity index (χ0) is 19.9. The molecule has 4 saturated carbocycles. The molecule has 0 atom stereocenters. The van der Waals surface area contributed by atoms with E-state index in [-0.39, 0.29) is 23.1 Å². The molecule has 5 aliphatic rings. The second kappa shape index (κ2) is 7.75. The van der Waals surface area contributed by atoms with Crippen molar-refractivity contribution in [2.75, 3.05) is 18.8 Å². The molecule has 5 rings (SSSR count). The van der Waals surface area contributed by atoms with Crippen molar-refractivity contribution in [1.82, 2.24) is 9.62 Å². The lowest BCUT2D eigenvalue weighted by Crippen LogP contribution is -2.48. The number of rotatable bonds is 6. The van der Waals surface area contributed by atoms with E-state index in [1.807, 2.05) is 13.0 Å². The molecule has 0 aromatic rings. The van der Waals surface area contributed by atoms with Crippen molar-refractivity contribution < 1.29 is 13.2 Å². The molecule has 0 spiro atoms. The van der Waals surface area contributed by atoms with Crippen LogP contribution in [-0.2, 0) is 14.8 Å². The SMILES string of the molecule is CCCS(=O)(=O)N1CCC(NC(=O)/C=C(/C)C23CC4CC(CC(C4)C2)C3)CC1. The number of allylic oxidation sites excluding steroid dienone is 1. The second-order valence-electron chi connectivity index (χ2n) is 10.0. The van der Waals surface area contributed by atoms with E-state index in [4.69, 9.17) is 0 Å². The number of hydrogen-bond acceptors (Lipinski definition) is 3. The van der Waals surface area contributed by atoms with E-state index < -0.39 is 10.0 Å². The summed E-state index contributed by atoms with van der Waals surface area (Å²) >= 11 is 0. The predicted octanol–water partition coefficient (Wildman–Crippen LogP) is 3.47. The van der Waals surface area contributed by atoms with Crippen molar-refractivity contribution in [3.05, 3.63) is 11.6 Å². The Hall–Kier alpha value is -0.880. The molecule has 5 nitrogen and oxygen atoms in total. The second-order valence-corrected chi connectivity index (χ2v) is 12.1. The lowest BCUT2D eigenvalue weighted by atomic mass is 9.48. The summed E-state index contributed by atoms with van der Waals surface area (Å²) in [6.45, 7) is 5.10. The molecule has 0 radical (unpaired) electrons. The summed E-state index contributed by atoms with van der Waals surface area (Å²) in [7, 11) is -3.12. The average Bonchev–Trinajstić information content (AvgIpc) is 2.61. The molecule has 5 fully saturated rings. The van der Waals surface area contributed by atoms with Crippen molar-refractivity contribution >= 4 is 15.9 Å². The predicted molar refractivity (Wildman–Crippen MR) is 111 cm³/mol. The molecule has 0 aromatic carbocycles. The summed E-state index contributed by atoms with van der Waals surface area (Å²) in [4.78, 5) is 12.7. The number of sulfonamides is 1. The van der Waals surface area contributed by atoms with E-state index in [1.54, 1.807) is 4.31 Å². The van der Waals surface area contributed by atoms with Crippen LogP contribution in [0.15, 0.2) is 11.6 Å². The first kappa shape index (κ1) is 20.4. The van der Waals surface area contributed by atoms with Crippen LogP contribution in [0.2, 0.25) is 0 Å². The quantitative estimate of drug-likeness (QED) is 0.685. The van der Waals surface area contributed by atoms with E-state index in [0.29, 0.717) is 32.4 Å². The summed E-state index contributed by atoms with van der Waals surface area (Å²) in [5.74, 6) is 2.88. The van der Waals surface area contributed by atoms with Gasteiger partial charge in [-0.1, -0.05) is 12.5 Å². The minimum absolute atomic E-state index is 0.0168. The van der Waals surface area contributed by atoms with E-state index in [1.165, 1.54) is 44.1 Å². The Morgan fingerprint density at radius 1 is 1.07 bits per heavy atom. The maximum absolute atomic E-state index is 12.7. The molecule has 1 saturated heterocycles. The number of carbonyl (C=O) groups excluding carboxylic acids is 1. The van der Waals surface area contributed by atoms with Gasteiger partial charge in [0.15, 0.2) is 0 Å². The Morgan fingerprint density at radius 3 is 2.11 bits per heavy atom. The summed E-state index contributed by atoms with van der Waals surface area (Å²) in [5, 5.41) is 3.15. The van der Waals surface area contributed by atoms with Gasteiger partial charge in [-0.25, -0.2) is 12.7 Å². The van der Waals surface area contributed by atoms with Gasteiger partial charge in [-0.15, -0.1) is 0 Å². The molecule has 28 heavy (non-hydrogen) atoms. The van der Waals surface area contributed by atoms with E-state index in [0.717, 1.165) is 17.8 Å². The van der Waals surface area contributed by atoms with Gasteiger partial charge in [0.2, 0.25) is 15.9 Å². The number of amides is 1. The molecule has 6 heteroatoms. The minimum Gasteiger partial charge on any atom is -0.350 e. The lowest BCUT2D eigenvalue weighted by Gasteiger charge is -2.57. The third-order valence-electron chi connectivity index (χ3n) is 7.88. The van der Waals surface area contributed by atoms with Gasteiger partial charge in [-0.3, -0.25) is 4.79 Å². The minimum atomic E-state index is -3.12. The van der Waals surface area contributed by atoms with Crippen LogP contribution in [0.1, 0.15) is 71.6 Å². The largest absolute Gasteiger partial charge is 0.350 e. The van der Waals surface area contributed by atoms with Gasteiger partial charge in [0.1, 0.15) is 0 Å². The first-order valence-electron chi connectivity index (χ1n) is 11.3. The highest BCUT2D eigenvalue weighted by Gasteiger charge is 2.51. The molecule has 1 heterocycles. The molecule has 4 bridgehead atoms. The van der Waals surface area contributed by atoms with Crippen LogP contribution in [0.5, 0.6) is 0 Å². The molecule has 1 aliphatic heterocycles. The zero-order valence-electron chi connectivity index (χ0n) is 17.5. The van der Waals surface area contributed by atoms with Crippen LogP contribution >= 0.6 is 0 Å². The number of nitrogens with zero attached hydrogens (tertiary/aromatic N) is 1. The Morgan fingerprint density at radius 2 is 1.61 bits per heavy atom. The molecular weight excluding hydrogens is 372 g/mol. The van der Waals surface area contributed by atoms with E-state index >= 15 is 0 Å². The number of hydrogen-bond donors (Lipinski definition) is 1. The van der Waals surface area contributed by atoms with Gasteiger partial charge in [0.05, 0.1) is 5.75 Å². The third kappa shape index (κ3) is 4.04. The third-order valence-corrected chi connectivity index (χ3v) is 9.95. The van der Waals surface area contributed by atoms with Gasteiger partial charge in [-0.2, -0.15) is 0 Å². The summed E-state index contributed by atoms with van der Waals surface area (Å²) < 4.78 is 26.0. The highest BCUT2D eigenvalue weighted by atomic mass is 32.2. The van der Waals surface area contributed by atoms with Crippen LogP contribution in [0, 0.1) is 23.2 Å². The topological polar surface area (TPSA) is 66.5 Å². The van der Waals surface area contributed by atoms with Gasteiger partial charge < -0.3 is 5.32 Å². The molecule has 0 unspecified atom stereocenters. The number of nitrogens with one attached hydrogen (secondary N) is 1. The summed E-state index contributed by atoms with van der Waals surface area (Å²) in [6.07, 6.45) is 12.0. The Kier molecular flexibility index (Phi) is 5.64. The van der Waals surface area contributed by atoms with Gasteiger partial charge in [0, 0.05) is 25.2 Å². The van der Waals surface area contributed by atoms with E-state index in [9.17, 15) is 13.2 Å². The number of piperidine rings is 1. The summed E-state index contributed by atoms with van der Waals surface area (Å²) in [6, 6.07) is 0.0842. The van der Waals surface area contributed by atoms with Crippen molar-refractivity contribution in [3.63, 3.8) is 0 Å². The standard InChI is InChI=1S/C22H36N2O3S/c1-3-8-28(26,27)24-6-4-20(5-7-24)23-21(25)9-16(2)22-13-17-10-18(14-22)12-19(11-17)15-22/h9,17-20H,3-8,10-15H2,1-2H3,(H,23,25)/b16-9-. The Labute approximate surface area is 170 Å². The monoisotopic (exact) mass is 408 g/mol. The van der Waals surface area contributed by atoms with Crippen LogP contribution in [0.25, 0.3) is 0 Å². The first-order valence-corrected chi connectivity index (χ1v) is 12.9. The number of carbonyl (C=O) groups is 1. The Balaban J connectivity index is 1.32. The van der Waals surface area contributed by atoms with Crippen LogP contribution in [0.4, 0.5) is 0 Å². The van der Waals surface area contributed by atoms with Crippen LogP contribution in [0.3, 0.4) is 0 Å². The van der Waals surface area contributed by atoms with Crippen molar-refractivity contribution in [2.24, 2.45) is 23.2 Å². The molecule has 0 aromatic heterocycles. The fourth-order valence-electron chi connectivity index (χ4n) is 6.85. The van der Waals surface area contributed by atoms with Crippen molar-refractivity contribution in [3.8, 4) is 0 Å². The molecule has 1 amide bonds. The average molecular weight is 409 g/mol. The smallest absolute Gasteiger partial charge is 0.244 e. The van der Waals surface area contributed by atoms with Gasteiger partial charge >= 0.3 is 0 Å². The highest BCUT2D eigenvalue weighted by molar-refractivity contribution is 7.89. The lowest BCUT2D eigenvalue weighted by molar-refractivity contribution is -0.117. The maximum Gasteiger partial charge on any atom is 0.244 e. The molecular formula is C22H36N2O3S. The molecule has 4 aliphatic carbocycles. The fourth-order valence-corrected chi connectivity index (χ4v) is 8.39. The highest BCUT2D eigenvalue weighted by Crippen LogP contribution is 2.62. The van der Waals surface area contributed by atoms with Crippen molar-refractivity contribution in [1.29, 1.82) is 0 Å². The van der Waals surface area contributed by atoms with Gasteiger partial charge in [-0.05, 0) is 87.9 Å². The maximum atomic E-state index is 12.7. The van der Waals surface area contributed by atoms with Crippen LogP contribution < -0.4 is 5.32 Å². The van der Waals surface area contributed by atoms with Crippen molar-refractivity contribution in [2.45, 2.75) is 77.7 Å². The summed E-state index contributed by atoms with van der Waals surface area (Å²) in [5.41, 5.74) is 1.57. The van der Waals surface area contributed by atoms with E-state index in [2.05, 4.69) is 12.2 Å². The molecule has 1 N–H and O–H groups in total. The Bertz CT molecular complexity index is 700. The fraction of sp³-hybridized carbons (Fsp3) is 0.864. The van der Waals surface area contributed by atoms with Gasteiger partial charge in [0.25, 0.3) is 0 Å². The zero-order valence-corrected chi connectivity index (χ0v) is 18.3. The molecule has 158 valence electrons.